The molecule has 1 aliphatic rings. The lowest BCUT2D eigenvalue weighted by atomic mass is 10.0. The van der Waals surface area contributed by atoms with E-state index in [1.807, 2.05) is 44.2 Å². The summed E-state index contributed by atoms with van der Waals surface area (Å²) < 4.78 is 31.0. The minimum atomic E-state index is -3.80. The molecule has 0 aliphatic carbocycles. The Morgan fingerprint density at radius 1 is 1.03 bits per heavy atom. The van der Waals surface area contributed by atoms with E-state index in [1.54, 1.807) is 30.3 Å². The van der Waals surface area contributed by atoms with Gasteiger partial charge in [-0.05, 0) is 23.5 Å². The van der Waals surface area contributed by atoms with Gasteiger partial charge in [0.05, 0.1) is 12.3 Å². The molecule has 34 heavy (non-hydrogen) atoms. The first-order valence-corrected chi connectivity index (χ1v) is 12.9. The molecule has 0 spiro atoms. The van der Waals surface area contributed by atoms with Crippen LogP contribution >= 0.6 is 0 Å². The van der Waals surface area contributed by atoms with Crippen molar-refractivity contribution in [2.45, 2.75) is 43.9 Å². The predicted octanol–water partition coefficient (Wildman–Crippen LogP) is 2.72. The summed E-state index contributed by atoms with van der Waals surface area (Å²) in [6.07, 6.45) is -0.424. The molecule has 3 rings (SSSR count). The number of Topliss-reactive ketones (excluding diaryl/α,β-unsaturated/α-hetero) is 1. The Morgan fingerprint density at radius 2 is 1.62 bits per heavy atom. The number of hydrogen-bond acceptors (Lipinski definition) is 6. The maximum atomic E-state index is 13.2. The largest absolute Gasteiger partial charge is 0.445 e. The number of carbonyl (C=O) groups excluding carboxylic acids is 3. The highest BCUT2D eigenvalue weighted by atomic mass is 32.2. The third kappa shape index (κ3) is 6.90. The standard InChI is InChI=1S/C25H30N2O6S/c1-18(2)13-21(26-25(30)33-16-19-9-5-3-6-10-19)24(29)27-14-22(28)23(15-27)34(31,32)17-20-11-7-4-8-12-20/h3-12,18,21,23H,13-17H2,1-2H3,(H,26,30). The van der Waals surface area contributed by atoms with E-state index in [1.165, 1.54) is 4.90 Å². The highest BCUT2D eigenvalue weighted by Gasteiger charge is 2.43. The van der Waals surface area contributed by atoms with Crippen LogP contribution in [0, 0.1) is 5.92 Å². The second kappa shape index (κ2) is 11.3. The van der Waals surface area contributed by atoms with Crippen molar-refractivity contribution in [3.8, 4) is 0 Å². The van der Waals surface area contributed by atoms with Crippen molar-refractivity contribution in [1.82, 2.24) is 10.2 Å². The number of alkyl carbamates (subject to hydrolysis) is 1. The van der Waals surface area contributed by atoms with E-state index in [-0.39, 0.29) is 31.4 Å². The number of hydrogen-bond donors (Lipinski definition) is 1. The van der Waals surface area contributed by atoms with Crippen molar-refractivity contribution in [1.29, 1.82) is 0 Å². The van der Waals surface area contributed by atoms with Gasteiger partial charge in [-0.3, -0.25) is 9.59 Å². The molecule has 2 amide bonds. The molecule has 0 bridgehead atoms. The van der Waals surface area contributed by atoms with E-state index in [0.717, 1.165) is 5.56 Å². The molecular weight excluding hydrogens is 456 g/mol. The van der Waals surface area contributed by atoms with Crippen molar-refractivity contribution in [2.24, 2.45) is 5.92 Å². The molecule has 0 radical (unpaired) electrons. The Hall–Kier alpha value is -3.20. The van der Waals surface area contributed by atoms with Crippen LogP contribution < -0.4 is 5.32 Å². The van der Waals surface area contributed by atoms with Crippen LogP contribution in [0.4, 0.5) is 4.79 Å². The first kappa shape index (κ1) is 25.4. The van der Waals surface area contributed by atoms with Gasteiger partial charge in [0.2, 0.25) is 5.91 Å². The molecule has 2 unspecified atom stereocenters. The van der Waals surface area contributed by atoms with E-state index < -0.39 is 38.9 Å². The first-order valence-electron chi connectivity index (χ1n) is 11.2. The molecule has 2 aromatic rings. The fourth-order valence-electron chi connectivity index (χ4n) is 3.87. The van der Waals surface area contributed by atoms with Crippen LogP contribution in [0.3, 0.4) is 0 Å². The summed E-state index contributed by atoms with van der Waals surface area (Å²) >= 11 is 0. The summed E-state index contributed by atoms with van der Waals surface area (Å²) in [5, 5.41) is 1.31. The number of amides is 2. The first-order chi connectivity index (χ1) is 16.2. The van der Waals surface area contributed by atoms with Crippen LogP contribution in [-0.2, 0) is 36.5 Å². The number of rotatable bonds is 9. The van der Waals surface area contributed by atoms with Crippen molar-refractivity contribution in [3.05, 3.63) is 71.8 Å². The molecule has 182 valence electrons. The molecule has 1 heterocycles. The Morgan fingerprint density at radius 3 is 2.21 bits per heavy atom. The maximum Gasteiger partial charge on any atom is 0.408 e. The Labute approximate surface area is 200 Å². The van der Waals surface area contributed by atoms with Gasteiger partial charge in [0.25, 0.3) is 0 Å². The molecule has 1 aliphatic heterocycles. The fourth-order valence-corrected chi connectivity index (χ4v) is 5.61. The molecule has 1 fully saturated rings. The van der Waals surface area contributed by atoms with Gasteiger partial charge in [0.1, 0.15) is 17.9 Å². The number of sulfone groups is 1. The number of nitrogens with zero attached hydrogens (tertiary/aromatic N) is 1. The van der Waals surface area contributed by atoms with Crippen LogP contribution in [0.2, 0.25) is 0 Å². The van der Waals surface area contributed by atoms with E-state index in [4.69, 9.17) is 4.74 Å². The molecule has 0 aromatic heterocycles. The molecule has 1 saturated heterocycles. The van der Waals surface area contributed by atoms with Crippen molar-refractivity contribution in [3.63, 3.8) is 0 Å². The SMILES string of the molecule is CC(C)CC(NC(=O)OCc1ccccc1)C(=O)N1CC(=O)C(S(=O)(=O)Cc2ccccc2)C1. The minimum Gasteiger partial charge on any atom is -0.445 e. The van der Waals surface area contributed by atoms with Crippen LogP contribution in [0.25, 0.3) is 0 Å². The smallest absolute Gasteiger partial charge is 0.408 e. The Balaban J connectivity index is 1.64. The topological polar surface area (TPSA) is 110 Å². The molecular formula is C25H30N2O6S. The van der Waals surface area contributed by atoms with Crippen LogP contribution in [0.15, 0.2) is 60.7 Å². The lowest BCUT2D eigenvalue weighted by molar-refractivity contribution is -0.134. The lowest BCUT2D eigenvalue weighted by Crippen LogP contribution is -2.49. The summed E-state index contributed by atoms with van der Waals surface area (Å²) in [6.45, 7) is 3.34. The number of carbonyl (C=O) groups is 3. The van der Waals surface area contributed by atoms with E-state index in [0.29, 0.717) is 12.0 Å². The lowest BCUT2D eigenvalue weighted by Gasteiger charge is -2.25. The summed E-state index contributed by atoms with van der Waals surface area (Å²) in [6, 6.07) is 16.8. The van der Waals surface area contributed by atoms with Crippen LogP contribution in [0.5, 0.6) is 0 Å². The fraction of sp³-hybridized carbons (Fsp3) is 0.400. The second-order valence-electron chi connectivity index (χ2n) is 8.85. The van der Waals surface area contributed by atoms with Gasteiger partial charge >= 0.3 is 6.09 Å². The van der Waals surface area contributed by atoms with Crippen molar-refractivity contribution < 1.29 is 27.5 Å². The Bertz CT molecular complexity index is 1100. The third-order valence-corrected chi connectivity index (χ3v) is 7.57. The van der Waals surface area contributed by atoms with Gasteiger partial charge in [-0.2, -0.15) is 0 Å². The minimum absolute atomic E-state index is 0.0528. The zero-order valence-electron chi connectivity index (χ0n) is 19.3. The number of ketones is 1. The average Bonchev–Trinajstić information content (AvgIpc) is 3.20. The molecule has 2 aromatic carbocycles. The number of ether oxygens (including phenoxy) is 1. The molecule has 9 heteroatoms. The van der Waals surface area contributed by atoms with Crippen LogP contribution in [0.1, 0.15) is 31.4 Å². The summed E-state index contributed by atoms with van der Waals surface area (Å²) in [5.41, 5.74) is 1.39. The Kier molecular flexibility index (Phi) is 8.44. The summed E-state index contributed by atoms with van der Waals surface area (Å²) in [5.74, 6) is -1.21. The number of likely N-dealkylation sites (tertiary alicyclic amines) is 1. The van der Waals surface area contributed by atoms with Gasteiger partial charge in [-0.25, -0.2) is 13.2 Å². The quantitative estimate of drug-likeness (QED) is 0.584. The van der Waals surface area contributed by atoms with Gasteiger partial charge in [-0.1, -0.05) is 74.5 Å². The summed E-state index contributed by atoms with van der Waals surface area (Å²) in [4.78, 5) is 39.3. The van der Waals surface area contributed by atoms with Crippen molar-refractivity contribution >= 4 is 27.6 Å². The zero-order valence-corrected chi connectivity index (χ0v) is 20.2. The van der Waals surface area contributed by atoms with Crippen molar-refractivity contribution in [2.75, 3.05) is 13.1 Å². The van der Waals surface area contributed by atoms with Gasteiger partial charge in [0, 0.05) is 6.54 Å². The second-order valence-corrected chi connectivity index (χ2v) is 11.0. The van der Waals surface area contributed by atoms with E-state index in [2.05, 4.69) is 5.32 Å². The van der Waals surface area contributed by atoms with E-state index >= 15 is 0 Å². The van der Waals surface area contributed by atoms with Gasteiger partial charge in [0.15, 0.2) is 15.6 Å². The molecule has 0 saturated carbocycles. The molecule has 2 atom stereocenters. The average molecular weight is 487 g/mol. The summed E-state index contributed by atoms with van der Waals surface area (Å²) in [7, 11) is -3.80. The number of benzene rings is 2. The highest BCUT2D eigenvalue weighted by Crippen LogP contribution is 2.20. The molecule has 8 nitrogen and oxygen atoms in total. The van der Waals surface area contributed by atoms with Gasteiger partial charge < -0.3 is 15.0 Å². The highest BCUT2D eigenvalue weighted by molar-refractivity contribution is 7.92. The monoisotopic (exact) mass is 486 g/mol. The maximum absolute atomic E-state index is 13.2. The molecule has 1 N–H and O–H groups in total. The zero-order chi connectivity index (χ0) is 24.7. The van der Waals surface area contributed by atoms with E-state index in [9.17, 15) is 22.8 Å². The predicted molar refractivity (Wildman–Crippen MR) is 127 cm³/mol. The number of nitrogens with one attached hydrogen (secondary N) is 1. The van der Waals surface area contributed by atoms with Gasteiger partial charge in [-0.15, -0.1) is 0 Å². The van der Waals surface area contributed by atoms with Crippen LogP contribution in [-0.4, -0.2) is 55.5 Å². The normalized spacial score (nSPS) is 17.0. The third-order valence-electron chi connectivity index (χ3n) is 5.56.